The average Bonchev–Trinajstić information content (AvgIpc) is 2.52. The molecule has 1 aliphatic carbocycles. The van der Waals surface area contributed by atoms with Crippen molar-refractivity contribution in [2.75, 3.05) is 7.11 Å². The Balaban J connectivity index is 2.36. The maximum atomic E-state index is 11.0. The van der Waals surface area contributed by atoms with Crippen molar-refractivity contribution in [1.29, 1.82) is 0 Å². The standard InChI is InChI=1S/C16H24O2/c1-12-5-4-9-16(17,10-8-12)14-11-13(2)6-7-15(14)18-3/h6-7,11-12,17H,4-5,8-10H2,1-3H3. The van der Waals surface area contributed by atoms with E-state index in [4.69, 9.17) is 4.74 Å². The van der Waals surface area contributed by atoms with Gasteiger partial charge in [-0.05, 0) is 50.7 Å². The van der Waals surface area contributed by atoms with Crippen LogP contribution in [0.15, 0.2) is 18.2 Å². The summed E-state index contributed by atoms with van der Waals surface area (Å²) in [5.41, 5.74) is 1.44. The molecule has 0 aliphatic heterocycles. The van der Waals surface area contributed by atoms with Crippen LogP contribution in [0.2, 0.25) is 0 Å². The molecule has 0 bridgehead atoms. The van der Waals surface area contributed by atoms with Crippen molar-refractivity contribution in [1.82, 2.24) is 0 Å². The van der Waals surface area contributed by atoms with Gasteiger partial charge < -0.3 is 9.84 Å². The molecule has 2 nitrogen and oxygen atoms in total. The molecule has 0 aromatic heterocycles. The predicted octanol–water partition coefficient (Wildman–Crippen LogP) is 3.79. The van der Waals surface area contributed by atoms with E-state index in [2.05, 4.69) is 19.9 Å². The third-order valence-corrected chi connectivity index (χ3v) is 4.19. The van der Waals surface area contributed by atoms with Gasteiger partial charge in [-0.15, -0.1) is 0 Å². The van der Waals surface area contributed by atoms with Crippen molar-refractivity contribution in [2.24, 2.45) is 5.92 Å². The number of ether oxygens (including phenoxy) is 1. The number of methoxy groups -OCH3 is 1. The normalized spacial score (nSPS) is 28.8. The van der Waals surface area contributed by atoms with Crippen LogP contribution in [0.4, 0.5) is 0 Å². The van der Waals surface area contributed by atoms with Gasteiger partial charge in [0, 0.05) is 5.56 Å². The Morgan fingerprint density at radius 2 is 2.06 bits per heavy atom. The smallest absolute Gasteiger partial charge is 0.124 e. The van der Waals surface area contributed by atoms with Gasteiger partial charge in [0.2, 0.25) is 0 Å². The number of hydrogen-bond acceptors (Lipinski definition) is 2. The van der Waals surface area contributed by atoms with Gasteiger partial charge in [0.1, 0.15) is 5.75 Å². The van der Waals surface area contributed by atoms with Gasteiger partial charge >= 0.3 is 0 Å². The van der Waals surface area contributed by atoms with Crippen molar-refractivity contribution in [3.63, 3.8) is 0 Å². The van der Waals surface area contributed by atoms with Crippen LogP contribution in [0.1, 0.15) is 50.2 Å². The van der Waals surface area contributed by atoms with E-state index in [1.165, 1.54) is 12.0 Å². The summed E-state index contributed by atoms with van der Waals surface area (Å²) in [6.45, 7) is 4.34. The molecule has 1 aliphatic rings. The molecular formula is C16H24O2. The molecule has 1 fully saturated rings. The van der Waals surface area contributed by atoms with Crippen LogP contribution in [0.3, 0.4) is 0 Å². The molecule has 0 heterocycles. The summed E-state index contributed by atoms with van der Waals surface area (Å²) in [7, 11) is 1.68. The molecule has 2 unspecified atom stereocenters. The maximum absolute atomic E-state index is 11.0. The van der Waals surface area contributed by atoms with Crippen molar-refractivity contribution in [3.8, 4) is 5.75 Å². The van der Waals surface area contributed by atoms with Crippen LogP contribution in [0.5, 0.6) is 5.75 Å². The Labute approximate surface area is 110 Å². The Morgan fingerprint density at radius 1 is 1.28 bits per heavy atom. The van der Waals surface area contributed by atoms with Gasteiger partial charge in [-0.2, -0.15) is 0 Å². The summed E-state index contributed by atoms with van der Waals surface area (Å²) in [5.74, 6) is 1.53. The summed E-state index contributed by atoms with van der Waals surface area (Å²) >= 11 is 0. The number of benzene rings is 1. The highest BCUT2D eigenvalue weighted by atomic mass is 16.5. The molecule has 1 aromatic rings. The zero-order valence-corrected chi connectivity index (χ0v) is 11.7. The second kappa shape index (κ2) is 5.31. The summed E-state index contributed by atoms with van der Waals surface area (Å²) in [6, 6.07) is 6.08. The van der Waals surface area contributed by atoms with Gasteiger partial charge in [0.05, 0.1) is 12.7 Å². The van der Waals surface area contributed by atoms with Gasteiger partial charge in [-0.1, -0.05) is 25.0 Å². The number of aliphatic hydroxyl groups is 1. The Bertz CT molecular complexity index is 414. The SMILES string of the molecule is COc1ccc(C)cc1C1(O)CCCC(C)CC1. The van der Waals surface area contributed by atoms with Crippen LogP contribution >= 0.6 is 0 Å². The fraction of sp³-hybridized carbons (Fsp3) is 0.625. The molecular weight excluding hydrogens is 224 g/mol. The molecule has 0 amide bonds. The lowest BCUT2D eigenvalue weighted by Crippen LogP contribution is -2.25. The van der Waals surface area contributed by atoms with Crippen molar-refractivity contribution < 1.29 is 9.84 Å². The van der Waals surface area contributed by atoms with E-state index in [1.54, 1.807) is 7.11 Å². The highest BCUT2D eigenvalue weighted by molar-refractivity contribution is 5.41. The van der Waals surface area contributed by atoms with Crippen LogP contribution < -0.4 is 4.74 Å². The minimum absolute atomic E-state index is 0.706. The first kappa shape index (κ1) is 13.4. The molecule has 2 atom stereocenters. The van der Waals surface area contributed by atoms with Gasteiger partial charge in [0.25, 0.3) is 0 Å². The molecule has 2 rings (SSSR count). The number of hydrogen-bond donors (Lipinski definition) is 1. The van der Waals surface area contributed by atoms with E-state index in [-0.39, 0.29) is 0 Å². The van der Waals surface area contributed by atoms with E-state index in [9.17, 15) is 5.11 Å². The fourth-order valence-corrected chi connectivity index (χ4v) is 2.95. The second-order valence-corrected chi connectivity index (χ2v) is 5.77. The van der Waals surface area contributed by atoms with Crippen LogP contribution in [0, 0.1) is 12.8 Å². The molecule has 1 N–H and O–H groups in total. The van der Waals surface area contributed by atoms with Gasteiger partial charge in [-0.3, -0.25) is 0 Å². The minimum atomic E-state index is -0.706. The molecule has 1 saturated carbocycles. The van der Waals surface area contributed by atoms with E-state index in [1.807, 2.05) is 12.1 Å². The average molecular weight is 248 g/mol. The molecule has 0 radical (unpaired) electrons. The monoisotopic (exact) mass is 248 g/mol. The maximum Gasteiger partial charge on any atom is 0.124 e. The Hall–Kier alpha value is -1.02. The van der Waals surface area contributed by atoms with Crippen LogP contribution in [-0.4, -0.2) is 12.2 Å². The highest BCUT2D eigenvalue weighted by Crippen LogP contribution is 2.41. The first-order valence-electron chi connectivity index (χ1n) is 6.92. The largest absolute Gasteiger partial charge is 0.496 e. The molecule has 0 saturated heterocycles. The lowest BCUT2D eigenvalue weighted by Gasteiger charge is -2.29. The van der Waals surface area contributed by atoms with E-state index < -0.39 is 5.60 Å². The van der Waals surface area contributed by atoms with Crippen molar-refractivity contribution >= 4 is 0 Å². The first-order valence-corrected chi connectivity index (χ1v) is 6.92. The number of rotatable bonds is 2. The fourth-order valence-electron chi connectivity index (χ4n) is 2.95. The summed E-state index contributed by atoms with van der Waals surface area (Å²) in [5, 5.41) is 11.0. The lowest BCUT2D eigenvalue weighted by molar-refractivity contribution is 0.0176. The molecule has 18 heavy (non-hydrogen) atoms. The molecule has 100 valence electrons. The molecule has 1 aromatic carbocycles. The summed E-state index contributed by atoms with van der Waals surface area (Å²) in [6.07, 6.45) is 5.09. The van der Waals surface area contributed by atoms with E-state index in [0.29, 0.717) is 0 Å². The van der Waals surface area contributed by atoms with Crippen LogP contribution in [-0.2, 0) is 5.60 Å². The van der Waals surface area contributed by atoms with Crippen molar-refractivity contribution in [2.45, 2.75) is 51.6 Å². The Kier molecular flexibility index (Phi) is 3.96. The first-order chi connectivity index (χ1) is 8.55. The summed E-state index contributed by atoms with van der Waals surface area (Å²) in [4.78, 5) is 0. The molecule has 2 heteroatoms. The zero-order chi connectivity index (χ0) is 13.2. The predicted molar refractivity (Wildman–Crippen MR) is 73.9 cm³/mol. The quantitative estimate of drug-likeness (QED) is 0.807. The topological polar surface area (TPSA) is 29.5 Å². The van der Waals surface area contributed by atoms with Crippen molar-refractivity contribution in [3.05, 3.63) is 29.3 Å². The highest BCUT2D eigenvalue weighted by Gasteiger charge is 2.34. The number of aryl methyl sites for hydroxylation is 1. The molecule has 0 spiro atoms. The third kappa shape index (κ3) is 2.69. The van der Waals surface area contributed by atoms with Gasteiger partial charge in [-0.25, -0.2) is 0 Å². The third-order valence-electron chi connectivity index (χ3n) is 4.19. The Morgan fingerprint density at radius 3 is 2.78 bits per heavy atom. The second-order valence-electron chi connectivity index (χ2n) is 5.77. The van der Waals surface area contributed by atoms with Gasteiger partial charge in [0.15, 0.2) is 0 Å². The zero-order valence-electron chi connectivity index (χ0n) is 11.7. The lowest BCUT2D eigenvalue weighted by atomic mass is 9.85. The van der Waals surface area contributed by atoms with E-state index in [0.717, 1.165) is 42.9 Å². The van der Waals surface area contributed by atoms with Crippen LogP contribution in [0.25, 0.3) is 0 Å². The minimum Gasteiger partial charge on any atom is -0.496 e. The van der Waals surface area contributed by atoms with E-state index >= 15 is 0 Å². The summed E-state index contributed by atoms with van der Waals surface area (Å²) < 4.78 is 5.43.